The van der Waals surface area contributed by atoms with Gasteiger partial charge < -0.3 is 5.32 Å². The predicted molar refractivity (Wildman–Crippen MR) is 76.6 cm³/mol. The van der Waals surface area contributed by atoms with E-state index in [9.17, 15) is 0 Å². The summed E-state index contributed by atoms with van der Waals surface area (Å²) in [5.74, 6) is 0.973. The lowest BCUT2D eigenvalue weighted by molar-refractivity contribution is 0.726. The third-order valence-corrected chi connectivity index (χ3v) is 3.75. The van der Waals surface area contributed by atoms with E-state index in [-0.39, 0.29) is 0 Å². The molecule has 1 aromatic heterocycles. The molecule has 0 saturated heterocycles. The average Bonchev–Trinajstić information content (AvgIpc) is 2.81. The van der Waals surface area contributed by atoms with Crippen molar-refractivity contribution in [2.75, 3.05) is 6.54 Å². The van der Waals surface area contributed by atoms with Gasteiger partial charge in [-0.2, -0.15) is 5.10 Å². The van der Waals surface area contributed by atoms with Crippen molar-refractivity contribution in [3.05, 3.63) is 47.8 Å². The minimum atomic E-state index is 0.948. The van der Waals surface area contributed by atoms with Crippen molar-refractivity contribution in [3.8, 4) is 0 Å². The molecule has 0 spiro atoms. The molecule has 0 aliphatic rings. The molecule has 0 unspecified atom stereocenters. The molecule has 1 N–H and O–H groups in total. The number of aryl methyl sites for hydroxylation is 1. The summed E-state index contributed by atoms with van der Waals surface area (Å²) in [7, 11) is 1.95. The highest BCUT2D eigenvalue weighted by Gasteiger charge is 1.99. The Morgan fingerprint density at radius 3 is 2.61 bits per heavy atom. The molecular formula is C14H19N3S. The van der Waals surface area contributed by atoms with E-state index in [2.05, 4.69) is 47.8 Å². The monoisotopic (exact) mass is 261 g/mol. The third-order valence-electron chi connectivity index (χ3n) is 2.67. The van der Waals surface area contributed by atoms with Crippen molar-refractivity contribution < 1.29 is 0 Å². The van der Waals surface area contributed by atoms with Gasteiger partial charge in [0.15, 0.2) is 0 Å². The number of hydrogen-bond acceptors (Lipinski definition) is 3. The molecule has 18 heavy (non-hydrogen) atoms. The number of nitrogens with zero attached hydrogens (tertiary/aromatic N) is 2. The Balaban J connectivity index is 1.86. The normalized spacial score (nSPS) is 10.8. The molecule has 0 fully saturated rings. The van der Waals surface area contributed by atoms with Gasteiger partial charge in [0.25, 0.3) is 0 Å². The van der Waals surface area contributed by atoms with Crippen molar-refractivity contribution in [1.29, 1.82) is 0 Å². The second-order valence-electron chi connectivity index (χ2n) is 4.24. The topological polar surface area (TPSA) is 29.9 Å². The maximum absolute atomic E-state index is 4.17. The number of nitrogens with one attached hydrogen (secondary N) is 1. The molecule has 0 aliphatic heterocycles. The van der Waals surface area contributed by atoms with E-state index in [1.54, 1.807) is 0 Å². The molecule has 0 amide bonds. The maximum Gasteiger partial charge on any atom is 0.0530 e. The second kappa shape index (κ2) is 6.61. The van der Waals surface area contributed by atoms with Crippen LogP contribution in [0.5, 0.6) is 0 Å². The largest absolute Gasteiger partial charge is 0.313 e. The summed E-state index contributed by atoms with van der Waals surface area (Å²) >= 11 is 1.85. The van der Waals surface area contributed by atoms with Crippen LogP contribution in [0, 0.1) is 0 Å². The highest BCUT2D eigenvalue weighted by atomic mass is 32.2. The van der Waals surface area contributed by atoms with Gasteiger partial charge in [-0.3, -0.25) is 4.68 Å². The minimum absolute atomic E-state index is 0.948. The van der Waals surface area contributed by atoms with Crippen LogP contribution in [0.15, 0.2) is 41.6 Å². The molecular weight excluding hydrogens is 242 g/mol. The molecule has 3 nitrogen and oxygen atoms in total. The first-order valence-corrected chi connectivity index (χ1v) is 7.16. The number of hydrogen-bond donors (Lipinski definition) is 1. The third kappa shape index (κ3) is 3.89. The van der Waals surface area contributed by atoms with E-state index in [0.717, 1.165) is 18.8 Å². The summed E-state index contributed by atoms with van der Waals surface area (Å²) in [6.45, 7) is 4.08. The molecule has 0 atom stereocenters. The fourth-order valence-electron chi connectivity index (χ4n) is 1.69. The van der Waals surface area contributed by atoms with Gasteiger partial charge in [0.05, 0.1) is 6.20 Å². The molecule has 1 heterocycles. The van der Waals surface area contributed by atoms with Crippen LogP contribution in [0.25, 0.3) is 0 Å². The predicted octanol–water partition coefficient (Wildman–Crippen LogP) is 2.82. The Morgan fingerprint density at radius 1 is 1.22 bits per heavy atom. The summed E-state index contributed by atoms with van der Waals surface area (Å²) in [5.41, 5.74) is 2.60. The highest BCUT2D eigenvalue weighted by molar-refractivity contribution is 7.98. The minimum Gasteiger partial charge on any atom is -0.313 e. The van der Waals surface area contributed by atoms with Crippen LogP contribution >= 0.6 is 11.8 Å². The van der Waals surface area contributed by atoms with Gasteiger partial charge in [0.1, 0.15) is 0 Å². The molecule has 4 heteroatoms. The fourth-order valence-corrected chi connectivity index (χ4v) is 2.50. The fraction of sp³-hybridized carbons (Fsp3) is 0.357. The van der Waals surface area contributed by atoms with Gasteiger partial charge in [-0.05, 0) is 24.2 Å². The molecule has 0 aliphatic carbocycles. The van der Waals surface area contributed by atoms with E-state index in [4.69, 9.17) is 0 Å². The standard InChI is InChI=1S/C14H19N3S/c1-3-15-8-12-4-6-14(7-5-12)18-11-13-9-16-17(2)10-13/h4-7,9-10,15H,3,8,11H2,1-2H3. The first kappa shape index (κ1) is 13.2. The molecule has 1 aromatic carbocycles. The van der Waals surface area contributed by atoms with Crippen molar-refractivity contribution in [3.63, 3.8) is 0 Å². The van der Waals surface area contributed by atoms with Crippen LogP contribution in [0.2, 0.25) is 0 Å². The van der Waals surface area contributed by atoms with Crippen molar-refractivity contribution in [2.45, 2.75) is 24.1 Å². The molecule has 0 bridgehead atoms. The van der Waals surface area contributed by atoms with Crippen LogP contribution in [0.3, 0.4) is 0 Å². The summed E-state index contributed by atoms with van der Waals surface area (Å²) in [5, 5.41) is 7.50. The first-order chi connectivity index (χ1) is 8.78. The zero-order chi connectivity index (χ0) is 12.8. The second-order valence-corrected chi connectivity index (χ2v) is 5.28. The van der Waals surface area contributed by atoms with Crippen LogP contribution < -0.4 is 5.32 Å². The maximum atomic E-state index is 4.17. The molecule has 2 aromatic rings. The lowest BCUT2D eigenvalue weighted by atomic mass is 10.2. The van der Waals surface area contributed by atoms with Crippen LogP contribution in [-0.4, -0.2) is 16.3 Å². The Hall–Kier alpha value is -1.26. The van der Waals surface area contributed by atoms with Crippen LogP contribution in [0.4, 0.5) is 0 Å². The van der Waals surface area contributed by atoms with Gasteiger partial charge in [0, 0.05) is 36.0 Å². The first-order valence-electron chi connectivity index (χ1n) is 6.18. The van der Waals surface area contributed by atoms with E-state index in [0.29, 0.717) is 0 Å². The summed E-state index contributed by atoms with van der Waals surface area (Å²) in [6, 6.07) is 8.75. The van der Waals surface area contributed by atoms with Gasteiger partial charge in [-0.15, -0.1) is 11.8 Å². The van der Waals surface area contributed by atoms with Gasteiger partial charge in [-0.25, -0.2) is 0 Å². The van der Waals surface area contributed by atoms with Crippen molar-refractivity contribution in [2.24, 2.45) is 7.05 Å². The Labute approximate surface area is 113 Å². The number of aromatic nitrogens is 2. The zero-order valence-electron chi connectivity index (χ0n) is 10.9. The summed E-state index contributed by atoms with van der Waals surface area (Å²) < 4.78 is 1.84. The Bertz CT molecular complexity index is 476. The van der Waals surface area contributed by atoms with E-state index < -0.39 is 0 Å². The zero-order valence-corrected chi connectivity index (χ0v) is 11.7. The van der Waals surface area contributed by atoms with Crippen LogP contribution in [-0.2, 0) is 19.3 Å². The summed E-state index contributed by atoms with van der Waals surface area (Å²) in [4.78, 5) is 1.30. The van der Waals surface area contributed by atoms with Crippen LogP contribution in [0.1, 0.15) is 18.1 Å². The number of benzene rings is 1. The van der Waals surface area contributed by atoms with Crippen molar-refractivity contribution >= 4 is 11.8 Å². The highest BCUT2D eigenvalue weighted by Crippen LogP contribution is 2.22. The van der Waals surface area contributed by atoms with E-state index in [1.165, 1.54) is 16.0 Å². The molecule has 0 saturated carbocycles. The van der Waals surface area contributed by atoms with E-state index in [1.807, 2.05) is 29.7 Å². The van der Waals surface area contributed by atoms with Gasteiger partial charge in [0.2, 0.25) is 0 Å². The molecule has 0 radical (unpaired) electrons. The Morgan fingerprint density at radius 2 is 2.00 bits per heavy atom. The molecule has 2 rings (SSSR count). The van der Waals surface area contributed by atoms with Gasteiger partial charge in [-0.1, -0.05) is 19.1 Å². The lowest BCUT2D eigenvalue weighted by Crippen LogP contribution is -2.11. The van der Waals surface area contributed by atoms with Crippen molar-refractivity contribution in [1.82, 2.24) is 15.1 Å². The number of thioether (sulfide) groups is 1. The van der Waals surface area contributed by atoms with E-state index >= 15 is 0 Å². The Kier molecular flexibility index (Phi) is 4.84. The summed E-state index contributed by atoms with van der Waals surface area (Å²) in [6.07, 6.45) is 3.99. The SMILES string of the molecule is CCNCc1ccc(SCc2cnn(C)c2)cc1. The lowest BCUT2D eigenvalue weighted by Gasteiger charge is -2.04. The number of rotatable bonds is 6. The molecule has 96 valence electrons. The van der Waals surface area contributed by atoms with Gasteiger partial charge >= 0.3 is 0 Å². The average molecular weight is 261 g/mol. The smallest absolute Gasteiger partial charge is 0.0530 e. The quantitative estimate of drug-likeness (QED) is 0.811.